The molecule has 3 rings (SSSR count). The van der Waals surface area contributed by atoms with Crippen molar-refractivity contribution >= 4 is 11.3 Å². The molecule has 0 unspecified atom stereocenters. The molecule has 1 aromatic heterocycles. The second-order valence-corrected chi connectivity index (χ2v) is 7.22. The van der Waals surface area contributed by atoms with E-state index in [-0.39, 0.29) is 6.10 Å². The van der Waals surface area contributed by atoms with Crippen LogP contribution in [-0.2, 0) is 17.8 Å². The van der Waals surface area contributed by atoms with Crippen LogP contribution in [0, 0.1) is 0 Å². The first-order valence-electron chi connectivity index (χ1n) is 8.18. The van der Waals surface area contributed by atoms with E-state index < -0.39 is 0 Å². The lowest BCUT2D eigenvalue weighted by atomic mass is 10.1. The van der Waals surface area contributed by atoms with Gasteiger partial charge in [-0.3, -0.25) is 14.8 Å². The molecule has 0 aliphatic carbocycles. The summed E-state index contributed by atoms with van der Waals surface area (Å²) in [5.74, 6) is 0. The van der Waals surface area contributed by atoms with Crippen LogP contribution in [0.15, 0.2) is 42.0 Å². The van der Waals surface area contributed by atoms with E-state index in [1.54, 1.807) is 11.3 Å². The lowest BCUT2D eigenvalue weighted by molar-refractivity contribution is -0.0670. The number of nitrogens with zero attached hydrogens (tertiary/aromatic N) is 3. The summed E-state index contributed by atoms with van der Waals surface area (Å²) in [5.41, 5.74) is 3.27. The maximum absolute atomic E-state index is 6.05. The van der Waals surface area contributed by atoms with E-state index in [2.05, 4.69) is 59.1 Å². The van der Waals surface area contributed by atoms with Crippen LogP contribution < -0.4 is 0 Å². The Kier molecular flexibility index (Phi) is 5.78. The minimum absolute atomic E-state index is 0.255. The zero-order valence-corrected chi connectivity index (χ0v) is 14.7. The standard InChI is InChI=1S/C18H25N3OS/c1-15(20(2)12-17-10-19-14-23-17)18-13-21(8-9-22-18)11-16-6-4-3-5-7-16/h3-7,10,14-15,18H,8-9,11-13H2,1-2H3/t15-,18-/m1/s1. The van der Waals surface area contributed by atoms with E-state index in [9.17, 15) is 0 Å². The van der Waals surface area contributed by atoms with Gasteiger partial charge in [-0.1, -0.05) is 30.3 Å². The molecule has 1 aliphatic rings. The second-order valence-electron chi connectivity index (χ2n) is 6.25. The first-order valence-corrected chi connectivity index (χ1v) is 9.06. The average molecular weight is 331 g/mol. The fourth-order valence-corrected chi connectivity index (χ4v) is 3.66. The van der Waals surface area contributed by atoms with Crippen LogP contribution in [0.3, 0.4) is 0 Å². The maximum Gasteiger partial charge on any atom is 0.0854 e. The minimum Gasteiger partial charge on any atom is -0.374 e. The molecular weight excluding hydrogens is 306 g/mol. The Morgan fingerprint density at radius 3 is 2.96 bits per heavy atom. The summed E-state index contributed by atoms with van der Waals surface area (Å²) in [6.07, 6.45) is 2.21. The Labute approximate surface area is 142 Å². The lowest BCUT2D eigenvalue weighted by Gasteiger charge is -2.39. The van der Waals surface area contributed by atoms with E-state index in [1.165, 1.54) is 10.4 Å². The van der Waals surface area contributed by atoms with Crippen LogP contribution in [-0.4, -0.2) is 53.7 Å². The van der Waals surface area contributed by atoms with Crippen LogP contribution in [0.1, 0.15) is 17.4 Å². The van der Waals surface area contributed by atoms with Gasteiger partial charge in [0.05, 0.1) is 18.2 Å². The molecule has 1 aromatic carbocycles. The van der Waals surface area contributed by atoms with Gasteiger partial charge in [-0.15, -0.1) is 11.3 Å². The quantitative estimate of drug-likeness (QED) is 0.814. The second kappa shape index (κ2) is 8.02. The van der Waals surface area contributed by atoms with Crippen molar-refractivity contribution in [2.24, 2.45) is 0 Å². The highest BCUT2D eigenvalue weighted by atomic mass is 32.1. The molecule has 0 saturated carbocycles. The number of morpholine rings is 1. The number of rotatable bonds is 6. The summed E-state index contributed by atoms with van der Waals surface area (Å²) in [4.78, 5) is 10.3. The number of aromatic nitrogens is 1. The van der Waals surface area contributed by atoms with Gasteiger partial charge in [0.15, 0.2) is 0 Å². The predicted octanol–water partition coefficient (Wildman–Crippen LogP) is 2.86. The molecule has 124 valence electrons. The van der Waals surface area contributed by atoms with Crippen LogP contribution >= 0.6 is 11.3 Å². The molecule has 0 radical (unpaired) electrons. The fourth-order valence-electron chi connectivity index (χ4n) is 3.00. The van der Waals surface area contributed by atoms with Gasteiger partial charge < -0.3 is 4.74 Å². The molecule has 0 N–H and O–H groups in total. The van der Waals surface area contributed by atoms with Crippen LogP contribution in [0.5, 0.6) is 0 Å². The van der Waals surface area contributed by atoms with Crippen LogP contribution in [0.4, 0.5) is 0 Å². The van der Waals surface area contributed by atoms with Gasteiger partial charge in [0.2, 0.25) is 0 Å². The lowest BCUT2D eigenvalue weighted by Crippen LogP contribution is -2.51. The molecule has 2 atom stereocenters. The van der Waals surface area contributed by atoms with Gasteiger partial charge in [-0.2, -0.15) is 0 Å². The zero-order valence-electron chi connectivity index (χ0n) is 13.9. The Balaban J connectivity index is 1.54. The van der Waals surface area contributed by atoms with Gasteiger partial charge in [-0.25, -0.2) is 0 Å². The summed E-state index contributed by atoms with van der Waals surface area (Å²) in [6.45, 7) is 7.02. The number of ether oxygens (including phenoxy) is 1. The highest BCUT2D eigenvalue weighted by molar-refractivity contribution is 7.09. The van der Waals surface area contributed by atoms with E-state index in [1.807, 2.05) is 11.7 Å². The molecule has 5 heteroatoms. The highest BCUT2D eigenvalue weighted by Gasteiger charge is 2.28. The SMILES string of the molecule is C[C@H]([C@H]1CN(Cc2ccccc2)CCO1)N(C)Cc1cncs1. The zero-order chi connectivity index (χ0) is 16.1. The van der Waals surface area contributed by atoms with Gasteiger partial charge in [0, 0.05) is 43.3 Å². The van der Waals surface area contributed by atoms with Crippen molar-refractivity contribution in [2.45, 2.75) is 32.2 Å². The van der Waals surface area contributed by atoms with Crippen LogP contribution in [0.2, 0.25) is 0 Å². The molecule has 1 saturated heterocycles. The summed E-state index contributed by atoms with van der Waals surface area (Å²) >= 11 is 1.71. The number of hydrogen-bond acceptors (Lipinski definition) is 5. The summed E-state index contributed by atoms with van der Waals surface area (Å²) in [6, 6.07) is 11.1. The highest BCUT2D eigenvalue weighted by Crippen LogP contribution is 2.18. The molecule has 0 bridgehead atoms. The van der Waals surface area contributed by atoms with Crippen molar-refractivity contribution in [1.29, 1.82) is 0 Å². The topological polar surface area (TPSA) is 28.6 Å². The molecule has 0 spiro atoms. The minimum atomic E-state index is 0.255. The smallest absolute Gasteiger partial charge is 0.0854 e. The molecule has 23 heavy (non-hydrogen) atoms. The van der Waals surface area contributed by atoms with E-state index in [4.69, 9.17) is 4.74 Å². The van der Waals surface area contributed by atoms with E-state index in [0.717, 1.165) is 32.8 Å². The van der Waals surface area contributed by atoms with Gasteiger partial charge in [-0.05, 0) is 19.5 Å². The Morgan fingerprint density at radius 2 is 2.22 bits per heavy atom. The third kappa shape index (κ3) is 4.61. The molecule has 0 amide bonds. The molecule has 2 aromatic rings. The van der Waals surface area contributed by atoms with Crippen molar-refractivity contribution in [2.75, 3.05) is 26.7 Å². The molecule has 2 heterocycles. The third-order valence-electron chi connectivity index (χ3n) is 4.55. The van der Waals surface area contributed by atoms with Gasteiger partial charge >= 0.3 is 0 Å². The number of likely N-dealkylation sites (N-methyl/N-ethyl adjacent to an activating group) is 1. The Morgan fingerprint density at radius 1 is 1.39 bits per heavy atom. The Bertz CT molecular complexity index is 575. The Hall–Kier alpha value is -1.27. The number of benzene rings is 1. The summed E-state index contributed by atoms with van der Waals surface area (Å²) < 4.78 is 6.05. The van der Waals surface area contributed by atoms with Crippen molar-refractivity contribution < 1.29 is 4.74 Å². The summed E-state index contributed by atoms with van der Waals surface area (Å²) in [5, 5.41) is 0. The van der Waals surface area contributed by atoms with Crippen molar-refractivity contribution in [3.8, 4) is 0 Å². The first-order chi connectivity index (χ1) is 11.2. The maximum atomic E-state index is 6.05. The summed E-state index contributed by atoms with van der Waals surface area (Å²) in [7, 11) is 2.17. The first kappa shape index (κ1) is 16.6. The molecular formula is C18H25N3OS. The van der Waals surface area contributed by atoms with E-state index >= 15 is 0 Å². The van der Waals surface area contributed by atoms with Crippen molar-refractivity contribution in [3.05, 3.63) is 52.5 Å². The largest absolute Gasteiger partial charge is 0.374 e. The molecule has 4 nitrogen and oxygen atoms in total. The number of thiazole rings is 1. The van der Waals surface area contributed by atoms with Crippen molar-refractivity contribution in [1.82, 2.24) is 14.8 Å². The van der Waals surface area contributed by atoms with Gasteiger partial charge in [0.1, 0.15) is 0 Å². The van der Waals surface area contributed by atoms with Crippen molar-refractivity contribution in [3.63, 3.8) is 0 Å². The predicted molar refractivity (Wildman–Crippen MR) is 94.5 cm³/mol. The fraction of sp³-hybridized carbons (Fsp3) is 0.500. The van der Waals surface area contributed by atoms with E-state index in [0.29, 0.717) is 6.04 Å². The normalized spacial score (nSPS) is 20.7. The number of hydrogen-bond donors (Lipinski definition) is 0. The average Bonchev–Trinajstić information content (AvgIpc) is 3.08. The molecule has 1 aliphatic heterocycles. The molecule has 1 fully saturated rings. The van der Waals surface area contributed by atoms with Crippen LogP contribution in [0.25, 0.3) is 0 Å². The third-order valence-corrected chi connectivity index (χ3v) is 5.31. The monoisotopic (exact) mass is 331 g/mol. The van der Waals surface area contributed by atoms with Gasteiger partial charge in [0.25, 0.3) is 0 Å².